The van der Waals surface area contributed by atoms with Crippen molar-refractivity contribution in [3.8, 4) is 5.75 Å². The SMILES string of the molecule is O=C(NCCCCCOc1ccccc1Br)OCc1ccccc1. The van der Waals surface area contributed by atoms with E-state index in [1.807, 2.05) is 54.6 Å². The minimum absolute atomic E-state index is 0.298. The molecule has 0 atom stereocenters. The molecule has 0 saturated heterocycles. The predicted octanol–water partition coefficient (Wildman–Crippen LogP) is 4.92. The molecule has 0 saturated carbocycles. The molecule has 0 bridgehead atoms. The Morgan fingerprint density at radius 3 is 2.50 bits per heavy atom. The van der Waals surface area contributed by atoms with Gasteiger partial charge >= 0.3 is 6.09 Å². The number of carbonyl (C=O) groups is 1. The third-order valence-electron chi connectivity index (χ3n) is 3.40. The molecule has 0 aliphatic heterocycles. The van der Waals surface area contributed by atoms with Crippen molar-refractivity contribution in [1.82, 2.24) is 5.32 Å². The zero-order chi connectivity index (χ0) is 17.0. The van der Waals surface area contributed by atoms with Gasteiger partial charge in [-0.2, -0.15) is 0 Å². The third-order valence-corrected chi connectivity index (χ3v) is 4.05. The molecular formula is C19H22BrNO3. The Bertz CT molecular complexity index is 619. The van der Waals surface area contributed by atoms with Crippen LogP contribution in [0.5, 0.6) is 5.75 Å². The van der Waals surface area contributed by atoms with Gasteiger partial charge in [-0.15, -0.1) is 0 Å². The molecule has 2 rings (SSSR count). The van der Waals surface area contributed by atoms with Gasteiger partial charge in [0.25, 0.3) is 0 Å². The second-order valence-electron chi connectivity index (χ2n) is 5.33. The number of rotatable bonds is 9. The lowest BCUT2D eigenvalue weighted by Gasteiger charge is -2.08. The molecule has 5 heteroatoms. The molecule has 24 heavy (non-hydrogen) atoms. The molecule has 0 aliphatic rings. The average Bonchev–Trinajstić information content (AvgIpc) is 2.61. The van der Waals surface area contributed by atoms with Gasteiger partial charge in [0.05, 0.1) is 11.1 Å². The van der Waals surface area contributed by atoms with Gasteiger partial charge in [0.2, 0.25) is 0 Å². The Kier molecular flexibility index (Phi) is 8.18. The standard InChI is InChI=1S/C19H22BrNO3/c20-17-11-5-6-12-18(17)23-14-8-2-7-13-21-19(22)24-15-16-9-3-1-4-10-16/h1,3-6,9-12H,2,7-8,13-15H2,(H,21,22). The highest BCUT2D eigenvalue weighted by atomic mass is 79.9. The quantitative estimate of drug-likeness (QED) is 0.616. The normalized spacial score (nSPS) is 10.2. The topological polar surface area (TPSA) is 47.6 Å². The molecule has 1 N–H and O–H groups in total. The maximum absolute atomic E-state index is 11.6. The fraction of sp³-hybridized carbons (Fsp3) is 0.316. The van der Waals surface area contributed by atoms with Crippen LogP contribution in [0.3, 0.4) is 0 Å². The fourth-order valence-corrected chi connectivity index (χ4v) is 2.51. The van der Waals surface area contributed by atoms with Crippen molar-refractivity contribution in [1.29, 1.82) is 0 Å². The lowest BCUT2D eigenvalue weighted by atomic mass is 10.2. The number of carbonyl (C=O) groups excluding carboxylic acids is 1. The molecule has 0 heterocycles. The number of para-hydroxylation sites is 1. The summed E-state index contributed by atoms with van der Waals surface area (Å²) in [4.78, 5) is 11.6. The Balaban J connectivity index is 1.47. The fourth-order valence-electron chi connectivity index (χ4n) is 2.11. The molecule has 1 amide bonds. The van der Waals surface area contributed by atoms with Crippen LogP contribution < -0.4 is 10.1 Å². The summed E-state index contributed by atoms with van der Waals surface area (Å²) < 4.78 is 11.8. The summed E-state index contributed by atoms with van der Waals surface area (Å²) in [5.41, 5.74) is 0.983. The van der Waals surface area contributed by atoms with E-state index in [2.05, 4.69) is 21.2 Å². The van der Waals surface area contributed by atoms with Crippen LogP contribution in [0.1, 0.15) is 24.8 Å². The van der Waals surface area contributed by atoms with E-state index < -0.39 is 0 Å². The third kappa shape index (κ3) is 7.04. The number of alkyl carbamates (subject to hydrolysis) is 1. The lowest BCUT2D eigenvalue weighted by molar-refractivity contribution is 0.139. The van der Waals surface area contributed by atoms with Gasteiger partial charge in [0.15, 0.2) is 0 Å². The maximum atomic E-state index is 11.6. The molecule has 0 aromatic heterocycles. The van der Waals surface area contributed by atoms with Crippen LogP contribution in [-0.4, -0.2) is 19.2 Å². The number of amides is 1. The van der Waals surface area contributed by atoms with Gasteiger partial charge in [-0.25, -0.2) is 4.79 Å². The summed E-state index contributed by atoms with van der Waals surface area (Å²) >= 11 is 3.45. The summed E-state index contributed by atoms with van der Waals surface area (Å²) in [6, 6.07) is 17.4. The molecule has 0 unspecified atom stereocenters. The number of halogens is 1. The van der Waals surface area contributed by atoms with Crippen LogP contribution in [0.4, 0.5) is 4.79 Å². The van der Waals surface area contributed by atoms with E-state index in [9.17, 15) is 4.79 Å². The van der Waals surface area contributed by atoms with Crippen LogP contribution in [0.15, 0.2) is 59.1 Å². The first-order chi connectivity index (χ1) is 11.8. The Hall–Kier alpha value is -2.01. The molecule has 2 aromatic carbocycles. The molecule has 128 valence electrons. The van der Waals surface area contributed by atoms with E-state index in [1.165, 1.54) is 0 Å². The molecule has 0 radical (unpaired) electrons. The number of hydrogen-bond donors (Lipinski definition) is 1. The summed E-state index contributed by atoms with van der Waals surface area (Å²) in [5, 5.41) is 2.76. The Labute approximate surface area is 151 Å². The highest BCUT2D eigenvalue weighted by Gasteiger charge is 2.02. The molecule has 4 nitrogen and oxygen atoms in total. The van der Waals surface area contributed by atoms with Gasteiger partial charge in [-0.05, 0) is 52.9 Å². The minimum Gasteiger partial charge on any atom is -0.492 e. The first-order valence-electron chi connectivity index (χ1n) is 8.07. The number of nitrogens with one attached hydrogen (secondary N) is 1. The summed E-state index contributed by atoms with van der Waals surface area (Å²) in [6.07, 6.45) is 2.47. The molecule has 2 aromatic rings. The van der Waals surface area contributed by atoms with Gasteiger partial charge in [0, 0.05) is 6.54 Å². The number of ether oxygens (including phenoxy) is 2. The number of benzene rings is 2. The van der Waals surface area contributed by atoms with Crippen molar-refractivity contribution in [2.24, 2.45) is 0 Å². The Morgan fingerprint density at radius 2 is 1.71 bits per heavy atom. The lowest BCUT2D eigenvalue weighted by Crippen LogP contribution is -2.25. The smallest absolute Gasteiger partial charge is 0.407 e. The van der Waals surface area contributed by atoms with Crippen molar-refractivity contribution in [2.45, 2.75) is 25.9 Å². The predicted molar refractivity (Wildman–Crippen MR) is 98.1 cm³/mol. The van der Waals surface area contributed by atoms with Gasteiger partial charge in [-0.3, -0.25) is 0 Å². The second-order valence-corrected chi connectivity index (χ2v) is 6.18. The van der Waals surface area contributed by atoms with Crippen LogP contribution in [-0.2, 0) is 11.3 Å². The summed E-state index contributed by atoms with van der Waals surface area (Å²) in [6.45, 7) is 1.58. The minimum atomic E-state index is -0.372. The van der Waals surface area contributed by atoms with E-state index in [4.69, 9.17) is 9.47 Å². The Morgan fingerprint density at radius 1 is 0.958 bits per heavy atom. The van der Waals surface area contributed by atoms with E-state index >= 15 is 0 Å². The summed E-state index contributed by atoms with van der Waals surface area (Å²) in [7, 11) is 0. The van der Waals surface area contributed by atoms with Gasteiger partial charge in [0.1, 0.15) is 12.4 Å². The van der Waals surface area contributed by atoms with Crippen molar-refractivity contribution in [3.05, 3.63) is 64.6 Å². The average molecular weight is 392 g/mol. The van der Waals surface area contributed by atoms with Crippen molar-refractivity contribution in [2.75, 3.05) is 13.2 Å². The van der Waals surface area contributed by atoms with Crippen molar-refractivity contribution in [3.63, 3.8) is 0 Å². The maximum Gasteiger partial charge on any atom is 0.407 e. The summed E-state index contributed by atoms with van der Waals surface area (Å²) in [5.74, 6) is 0.861. The zero-order valence-corrected chi connectivity index (χ0v) is 15.1. The largest absolute Gasteiger partial charge is 0.492 e. The molecular weight excluding hydrogens is 370 g/mol. The van der Waals surface area contributed by atoms with E-state index in [0.29, 0.717) is 19.8 Å². The van der Waals surface area contributed by atoms with Gasteiger partial charge in [-0.1, -0.05) is 42.5 Å². The number of hydrogen-bond acceptors (Lipinski definition) is 3. The van der Waals surface area contributed by atoms with Gasteiger partial charge < -0.3 is 14.8 Å². The zero-order valence-electron chi connectivity index (χ0n) is 13.5. The highest BCUT2D eigenvalue weighted by molar-refractivity contribution is 9.10. The van der Waals surface area contributed by atoms with E-state index in [-0.39, 0.29) is 6.09 Å². The van der Waals surface area contributed by atoms with Crippen LogP contribution in [0.2, 0.25) is 0 Å². The van der Waals surface area contributed by atoms with Crippen LogP contribution >= 0.6 is 15.9 Å². The van der Waals surface area contributed by atoms with Crippen LogP contribution in [0.25, 0.3) is 0 Å². The molecule has 0 spiro atoms. The van der Waals surface area contributed by atoms with Crippen molar-refractivity contribution < 1.29 is 14.3 Å². The second kappa shape index (κ2) is 10.7. The highest BCUT2D eigenvalue weighted by Crippen LogP contribution is 2.23. The van der Waals surface area contributed by atoms with E-state index in [1.54, 1.807) is 0 Å². The van der Waals surface area contributed by atoms with Crippen molar-refractivity contribution >= 4 is 22.0 Å². The first-order valence-corrected chi connectivity index (χ1v) is 8.87. The first kappa shape index (κ1) is 18.3. The monoisotopic (exact) mass is 391 g/mol. The molecule has 0 fully saturated rings. The van der Waals surface area contributed by atoms with E-state index in [0.717, 1.165) is 35.0 Å². The van der Waals surface area contributed by atoms with Crippen LogP contribution in [0, 0.1) is 0 Å². The number of unbranched alkanes of at least 4 members (excludes halogenated alkanes) is 2. The molecule has 0 aliphatic carbocycles.